The number of nitro groups is 1. The highest BCUT2D eigenvalue weighted by atomic mass is 16.6. The van der Waals surface area contributed by atoms with E-state index in [1.165, 1.54) is 23.3 Å². The number of rotatable bonds is 3. The number of hydrogen-bond donors (Lipinski definition) is 1. The highest BCUT2D eigenvalue weighted by Crippen LogP contribution is 2.14. The number of carbonyl (C=O) groups is 1. The van der Waals surface area contributed by atoms with Crippen LogP contribution >= 0.6 is 0 Å². The predicted octanol–water partition coefficient (Wildman–Crippen LogP) is -0.0247. The van der Waals surface area contributed by atoms with Crippen molar-refractivity contribution in [3.8, 4) is 0 Å². The smallest absolute Gasteiger partial charge is 0.285 e. The summed E-state index contributed by atoms with van der Waals surface area (Å²) in [6.07, 6.45) is 4.01. The van der Waals surface area contributed by atoms with Gasteiger partial charge in [-0.1, -0.05) is 6.58 Å². The molecule has 1 amide bonds. The molecule has 0 aliphatic carbocycles. The third-order valence-electron chi connectivity index (χ3n) is 1.64. The van der Waals surface area contributed by atoms with Gasteiger partial charge < -0.3 is 10.6 Å². The Bertz CT molecular complexity index is 357. The maximum Gasteiger partial charge on any atom is 0.285 e. The van der Waals surface area contributed by atoms with Crippen LogP contribution < -0.4 is 5.73 Å². The molecule has 6 nitrogen and oxygen atoms in total. The summed E-state index contributed by atoms with van der Waals surface area (Å²) >= 11 is 0. The fourth-order valence-electron chi connectivity index (χ4n) is 0.986. The highest BCUT2D eigenvalue weighted by Gasteiger charge is 2.17. The lowest BCUT2D eigenvalue weighted by molar-refractivity contribution is -0.420. The van der Waals surface area contributed by atoms with E-state index in [-0.39, 0.29) is 12.2 Å². The van der Waals surface area contributed by atoms with Gasteiger partial charge in [0.25, 0.3) is 5.70 Å². The number of carbonyl (C=O) groups excluding carboxylic acids is 1. The van der Waals surface area contributed by atoms with Crippen molar-refractivity contribution in [3.05, 3.63) is 46.4 Å². The lowest BCUT2D eigenvalue weighted by atomic mass is 10.2. The van der Waals surface area contributed by atoms with Crippen molar-refractivity contribution in [1.29, 1.82) is 0 Å². The number of hydrogen-bond acceptors (Lipinski definition) is 4. The Morgan fingerprint density at radius 3 is 2.79 bits per heavy atom. The van der Waals surface area contributed by atoms with Crippen LogP contribution in [0.4, 0.5) is 0 Å². The molecule has 0 aromatic heterocycles. The molecule has 0 radical (unpaired) electrons. The van der Waals surface area contributed by atoms with Gasteiger partial charge in [-0.15, -0.1) is 0 Å². The molecule has 6 heteroatoms. The van der Waals surface area contributed by atoms with Gasteiger partial charge in [0.1, 0.15) is 6.54 Å². The molecule has 1 heterocycles. The van der Waals surface area contributed by atoms with E-state index in [0.717, 1.165) is 0 Å². The van der Waals surface area contributed by atoms with Crippen molar-refractivity contribution in [3.63, 3.8) is 0 Å². The van der Waals surface area contributed by atoms with Crippen molar-refractivity contribution in [1.82, 2.24) is 4.90 Å². The first kappa shape index (κ1) is 9.97. The maximum absolute atomic E-state index is 10.6. The van der Waals surface area contributed by atoms with E-state index < -0.39 is 10.8 Å². The van der Waals surface area contributed by atoms with Crippen LogP contribution in [-0.2, 0) is 4.79 Å². The summed E-state index contributed by atoms with van der Waals surface area (Å²) < 4.78 is 0. The maximum atomic E-state index is 10.6. The number of nitrogens with two attached hydrogens (primary N) is 1. The number of allylic oxidation sites excluding steroid dienone is 2. The van der Waals surface area contributed by atoms with E-state index in [1.54, 1.807) is 0 Å². The summed E-state index contributed by atoms with van der Waals surface area (Å²) in [5.41, 5.74) is 5.36. The van der Waals surface area contributed by atoms with Crippen LogP contribution in [-0.4, -0.2) is 22.3 Å². The van der Waals surface area contributed by atoms with E-state index in [1.807, 2.05) is 0 Å². The molecule has 1 rings (SSSR count). The zero-order valence-electron chi connectivity index (χ0n) is 7.34. The Hall–Kier alpha value is -2.11. The van der Waals surface area contributed by atoms with Gasteiger partial charge in [-0.25, -0.2) is 0 Å². The second kappa shape index (κ2) is 3.73. The van der Waals surface area contributed by atoms with Crippen LogP contribution in [0.1, 0.15) is 0 Å². The molecule has 0 fully saturated rings. The Morgan fingerprint density at radius 2 is 2.29 bits per heavy atom. The normalized spacial score (nSPS) is 15.3. The molecular formula is C8H9N3O3. The van der Waals surface area contributed by atoms with Crippen LogP contribution in [0.3, 0.4) is 0 Å². The van der Waals surface area contributed by atoms with Gasteiger partial charge >= 0.3 is 0 Å². The molecule has 74 valence electrons. The summed E-state index contributed by atoms with van der Waals surface area (Å²) in [6, 6.07) is 0. The van der Waals surface area contributed by atoms with Crippen LogP contribution in [0, 0.1) is 10.1 Å². The Kier molecular flexibility index (Phi) is 2.66. The van der Waals surface area contributed by atoms with Gasteiger partial charge in [-0.3, -0.25) is 14.9 Å². The van der Waals surface area contributed by atoms with Gasteiger partial charge in [0.15, 0.2) is 0 Å². The van der Waals surface area contributed by atoms with Gasteiger partial charge in [-0.2, -0.15) is 0 Å². The van der Waals surface area contributed by atoms with Crippen molar-refractivity contribution in [2.75, 3.05) is 6.54 Å². The molecule has 0 aromatic carbocycles. The zero-order chi connectivity index (χ0) is 10.7. The lowest BCUT2D eigenvalue weighted by Crippen LogP contribution is -2.30. The minimum Gasteiger partial charge on any atom is -0.368 e. The van der Waals surface area contributed by atoms with Gasteiger partial charge in [0.2, 0.25) is 5.91 Å². The first-order valence-corrected chi connectivity index (χ1v) is 3.79. The average molecular weight is 195 g/mol. The topological polar surface area (TPSA) is 89.5 Å². The summed E-state index contributed by atoms with van der Waals surface area (Å²) in [5.74, 6) is -0.569. The molecule has 0 spiro atoms. The van der Waals surface area contributed by atoms with Gasteiger partial charge in [0, 0.05) is 11.8 Å². The number of amides is 1. The lowest BCUT2D eigenvalue weighted by Gasteiger charge is -2.20. The third-order valence-corrected chi connectivity index (χ3v) is 1.64. The molecule has 0 atom stereocenters. The van der Waals surface area contributed by atoms with Crippen molar-refractivity contribution in [2.45, 2.75) is 0 Å². The Labute approximate surface area is 80.1 Å². The molecule has 14 heavy (non-hydrogen) atoms. The minimum absolute atomic E-state index is 0.0985. The number of primary amides is 1. The summed E-state index contributed by atoms with van der Waals surface area (Å²) in [5, 5.41) is 10.4. The second-order valence-corrected chi connectivity index (χ2v) is 2.73. The van der Waals surface area contributed by atoms with Crippen molar-refractivity contribution >= 4 is 5.91 Å². The van der Waals surface area contributed by atoms with Crippen molar-refractivity contribution < 1.29 is 9.72 Å². The summed E-state index contributed by atoms with van der Waals surface area (Å²) in [6.45, 7) is 3.50. The van der Waals surface area contributed by atoms with E-state index in [2.05, 4.69) is 6.58 Å². The summed E-state index contributed by atoms with van der Waals surface area (Å²) in [4.78, 5) is 21.8. The van der Waals surface area contributed by atoms with E-state index in [0.29, 0.717) is 5.70 Å². The molecule has 0 bridgehead atoms. The predicted molar refractivity (Wildman–Crippen MR) is 49.3 cm³/mol. The van der Waals surface area contributed by atoms with Gasteiger partial charge in [0.05, 0.1) is 11.1 Å². The van der Waals surface area contributed by atoms with E-state index in [9.17, 15) is 14.9 Å². The first-order valence-electron chi connectivity index (χ1n) is 3.79. The Balaban J connectivity index is 2.85. The monoisotopic (exact) mass is 195 g/mol. The van der Waals surface area contributed by atoms with Crippen molar-refractivity contribution in [2.24, 2.45) is 5.73 Å². The molecule has 1 aliphatic heterocycles. The van der Waals surface area contributed by atoms with Gasteiger partial charge in [-0.05, 0) is 6.08 Å². The SMILES string of the molecule is C=C1C=CC([N+](=O)[O-])=CN1CC(N)=O. The molecule has 0 saturated carbocycles. The summed E-state index contributed by atoms with van der Waals surface area (Å²) in [7, 11) is 0. The highest BCUT2D eigenvalue weighted by molar-refractivity contribution is 5.76. The average Bonchev–Trinajstić information content (AvgIpc) is 2.07. The zero-order valence-corrected chi connectivity index (χ0v) is 7.34. The fourth-order valence-corrected chi connectivity index (χ4v) is 0.986. The molecule has 0 saturated heterocycles. The minimum atomic E-state index is -0.569. The first-order chi connectivity index (χ1) is 6.50. The third kappa shape index (κ3) is 2.19. The molecule has 0 aromatic rings. The molecule has 1 aliphatic rings. The Morgan fingerprint density at radius 1 is 1.64 bits per heavy atom. The molecular weight excluding hydrogens is 186 g/mol. The molecule has 0 unspecified atom stereocenters. The van der Waals surface area contributed by atoms with Crippen LogP contribution in [0.5, 0.6) is 0 Å². The standard InChI is InChI=1S/C8H9N3O3/c1-6-2-3-7(11(13)14)4-10(6)5-8(9)12/h2-4H,1,5H2,(H2,9,12). The van der Waals surface area contributed by atoms with Crippen LogP contribution in [0.15, 0.2) is 36.3 Å². The van der Waals surface area contributed by atoms with E-state index in [4.69, 9.17) is 5.73 Å². The van der Waals surface area contributed by atoms with Crippen LogP contribution in [0.25, 0.3) is 0 Å². The largest absolute Gasteiger partial charge is 0.368 e. The quantitative estimate of drug-likeness (QED) is 0.506. The second-order valence-electron chi connectivity index (χ2n) is 2.73. The van der Waals surface area contributed by atoms with Crippen LogP contribution in [0.2, 0.25) is 0 Å². The fraction of sp³-hybridized carbons (Fsp3) is 0.125. The number of nitrogens with zero attached hydrogens (tertiary/aromatic N) is 2. The molecule has 2 N–H and O–H groups in total. The van der Waals surface area contributed by atoms with E-state index >= 15 is 0 Å².